The Morgan fingerprint density at radius 1 is 0.929 bits per heavy atom. The highest BCUT2D eigenvalue weighted by molar-refractivity contribution is 6.05. The van der Waals surface area contributed by atoms with Crippen molar-refractivity contribution in [1.82, 2.24) is 9.78 Å². The van der Waals surface area contributed by atoms with Crippen LogP contribution in [0.2, 0.25) is 0 Å². The van der Waals surface area contributed by atoms with Crippen molar-refractivity contribution in [2.75, 3.05) is 26.6 Å². The van der Waals surface area contributed by atoms with Gasteiger partial charge in [0.2, 0.25) is 0 Å². The minimum Gasteiger partial charge on any atom is -0.497 e. The van der Waals surface area contributed by atoms with Crippen LogP contribution in [0.1, 0.15) is 10.5 Å². The van der Waals surface area contributed by atoms with Gasteiger partial charge in [0.1, 0.15) is 11.5 Å². The zero-order valence-electron chi connectivity index (χ0n) is 15.6. The number of ether oxygens (including phenoxy) is 3. The van der Waals surface area contributed by atoms with Crippen LogP contribution in [-0.2, 0) is 0 Å². The van der Waals surface area contributed by atoms with Crippen LogP contribution in [0.15, 0.2) is 59.4 Å². The number of carbonyl (C=O) groups excluding carboxylic acids is 1. The lowest BCUT2D eigenvalue weighted by Crippen LogP contribution is -2.26. The Hall–Kier alpha value is -3.81. The van der Waals surface area contributed by atoms with Gasteiger partial charge in [0.15, 0.2) is 11.4 Å². The number of benzene rings is 2. The van der Waals surface area contributed by atoms with Gasteiger partial charge in [0, 0.05) is 6.07 Å². The molecule has 0 aliphatic heterocycles. The number of carbonyl (C=O) groups is 1. The molecule has 3 rings (SSSR count). The standard InChI is InChI=1S/C20H19N3O5/c1-26-14-9-10-16(27-2)15(11-14)21-20(25)19-17(28-3)12-18(24)23(22-19)13-7-5-4-6-8-13/h4-12H,1-3H3,(H,21,25). The Labute approximate surface area is 161 Å². The first-order valence-corrected chi connectivity index (χ1v) is 8.34. The molecule has 0 unspecified atom stereocenters. The Morgan fingerprint density at radius 3 is 2.29 bits per heavy atom. The summed E-state index contributed by atoms with van der Waals surface area (Å²) >= 11 is 0. The quantitative estimate of drug-likeness (QED) is 0.705. The van der Waals surface area contributed by atoms with Crippen LogP contribution in [-0.4, -0.2) is 37.0 Å². The van der Waals surface area contributed by atoms with E-state index in [0.717, 1.165) is 4.68 Å². The molecule has 0 bridgehead atoms. The van der Waals surface area contributed by atoms with Crippen LogP contribution in [0.4, 0.5) is 5.69 Å². The highest BCUT2D eigenvalue weighted by atomic mass is 16.5. The summed E-state index contributed by atoms with van der Waals surface area (Å²) in [7, 11) is 4.38. The molecule has 8 nitrogen and oxygen atoms in total. The molecule has 0 radical (unpaired) electrons. The van der Waals surface area contributed by atoms with Gasteiger partial charge in [0.05, 0.1) is 38.8 Å². The smallest absolute Gasteiger partial charge is 0.280 e. The van der Waals surface area contributed by atoms with E-state index < -0.39 is 11.5 Å². The maximum Gasteiger partial charge on any atom is 0.280 e. The van der Waals surface area contributed by atoms with Crippen molar-refractivity contribution < 1.29 is 19.0 Å². The number of aromatic nitrogens is 2. The molecule has 8 heteroatoms. The van der Waals surface area contributed by atoms with Gasteiger partial charge in [0.25, 0.3) is 11.5 Å². The van der Waals surface area contributed by atoms with E-state index in [1.54, 1.807) is 42.5 Å². The second kappa shape index (κ2) is 8.26. The molecule has 0 saturated carbocycles. The molecule has 28 heavy (non-hydrogen) atoms. The molecular formula is C20H19N3O5. The topological polar surface area (TPSA) is 91.7 Å². The van der Waals surface area contributed by atoms with Crippen LogP contribution in [0, 0.1) is 0 Å². The van der Waals surface area contributed by atoms with Crippen LogP contribution in [0.25, 0.3) is 5.69 Å². The van der Waals surface area contributed by atoms with Crippen LogP contribution < -0.4 is 25.1 Å². The predicted octanol–water partition coefficient (Wildman–Crippen LogP) is 2.51. The van der Waals surface area contributed by atoms with Crippen molar-refractivity contribution in [3.05, 3.63) is 70.6 Å². The summed E-state index contributed by atoms with van der Waals surface area (Å²) < 4.78 is 16.8. The van der Waals surface area contributed by atoms with E-state index in [4.69, 9.17) is 14.2 Å². The SMILES string of the molecule is COc1ccc(OC)c(NC(=O)c2nn(-c3ccccc3)c(=O)cc2OC)c1. The molecule has 0 fully saturated rings. The number of methoxy groups -OCH3 is 3. The molecule has 2 aromatic carbocycles. The molecule has 3 aromatic rings. The van der Waals surface area contributed by atoms with E-state index in [2.05, 4.69) is 10.4 Å². The number of amides is 1. The van der Waals surface area contributed by atoms with Gasteiger partial charge in [-0.15, -0.1) is 0 Å². The lowest BCUT2D eigenvalue weighted by molar-refractivity contribution is 0.101. The third-order valence-electron chi connectivity index (χ3n) is 3.99. The minimum atomic E-state index is -0.562. The van der Waals surface area contributed by atoms with Crippen molar-refractivity contribution in [2.45, 2.75) is 0 Å². The highest BCUT2D eigenvalue weighted by Gasteiger charge is 2.20. The Balaban J connectivity index is 2.03. The largest absolute Gasteiger partial charge is 0.497 e. The van der Waals surface area contributed by atoms with Gasteiger partial charge >= 0.3 is 0 Å². The van der Waals surface area contributed by atoms with E-state index in [1.165, 1.54) is 27.4 Å². The molecule has 0 aliphatic carbocycles. The number of rotatable bonds is 6. The third kappa shape index (κ3) is 3.80. The van der Waals surface area contributed by atoms with Crippen molar-refractivity contribution >= 4 is 11.6 Å². The van der Waals surface area contributed by atoms with E-state index in [-0.39, 0.29) is 11.4 Å². The number of nitrogens with zero attached hydrogens (tertiary/aromatic N) is 2. The fraction of sp³-hybridized carbons (Fsp3) is 0.150. The van der Waals surface area contributed by atoms with Crippen LogP contribution >= 0.6 is 0 Å². The lowest BCUT2D eigenvalue weighted by Gasteiger charge is -2.14. The Kier molecular flexibility index (Phi) is 5.59. The number of anilines is 1. The van der Waals surface area contributed by atoms with E-state index in [0.29, 0.717) is 22.9 Å². The fourth-order valence-corrected chi connectivity index (χ4v) is 2.60. The second-order valence-electron chi connectivity index (χ2n) is 5.67. The molecule has 1 amide bonds. The highest BCUT2D eigenvalue weighted by Crippen LogP contribution is 2.29. The summed E-state index contributed by atoms with van der Waals surface area (Å²) in [5.41, 5.74) is 0.464. The van der Waals surface area contributed by atoms with Crippen molar-refractivity contribution in [2.24, 2.45) is 0 Å². The molecule has 0 atom stereocenters. The second-order valence-corrected chi connectivity index (χ2v) is 5.67. The summed E-state index contributed by atoms with van der Waals surface area (Å²) in [6.07, 6.45) is 0. The molecular weight excluding hydrogens is 362 g/mol. The number of hydrogen-bond acceptors (Lipinski definition) is 6. The summed E-state index contributed by atoms with van der Waals surface area (Å²) in [5.74, 6) is 0.499. The zero-order valence-corrected chi connectivity index (χ0v) is 15.6. The first-order valence-electron chi connectivity index (χ1n) is 8.34. The van der Waals surface area contributed by atoms with Gasteiger partial charge in [-0.05, 0) is 24.3 Å². The zero-order chi connectivity index (χ0) is 20.1. The van der Waals surface area contributed by atoms with Gasteiger partial charge in [-0.3, -0.25) is 9.59 Å². The van der Waals surface area contributed by atoms with Gasteiger partial charge in [-0.2, -0.15) is 9.78 Å². The van der Waals surface area contributed by atoms with Crippen LogP contribution in [0.3, 0.4) is 0 Å². The first kappa shape index (κ1) is 19.0. The first-order chi connectivity index (χ1) is 13.6. The predicted molar refractivity (Wildman–Crippen MR) is 104 cm³/mol. The van der Waals surface area contributed by atoms with Gasteiger partial charge in [-0.25, -0.2) is 0 Å². The van der Waals surface area contributed by atoms with E-state index in [1.807, 2.05) is 6.07 Å². The molecule has 1 N–H and O–H groups in total. The third-order valence-corrected chi connectivity index (χ3v) is 3.99. The normalized spacial score (nSPS) is 10.2. The molecule has 1 aromatic heterocycles. The maximum absolute atomic E-state index is 12.9. The van der Waals surface area contributed by atoms with Crippen LogP contribution in [0.5, 0.6) is 17.2 Å². The molecule has 0 spiro atoms. The van der Waals surface area contributed by atoms with E-state index in [9.17, 15) is 9.59 Å². The van der Waals surface area contributed by atoms with Crippen molar-refractivity contribution in [3.63, 3.8) is 0 Å². The molecule has 1 heterocycles. The van der Waals surface area contributed by atoms with E-state index >= 15 is 0 Å². The summed E-state index contributed by atoms with van der Waals surface area (Å²) in [6.45, 7) is 0. The van der Waals surface area contributed by atoms with Gasteiger partial charge in [-0.1, -0.05) is 18.2 Å². The average Bonchev–Trinajstić information content (AvgIpc) is 2.73. The molecule has 144 valence electrons. The Bertz CT molecular complexity index is 1050. The maximum atomic E-state index is 12.9. The summed E-state index contributed by atoms with van der Waals surface area (Å²) in [5, 5.41) is 6.93. The number of para-hydroxylation sites is 1. The average molecular weight is 381 g/mol. The van der Waals surface area contributed by atoms with Gasteiger partial charge < -0.3 is 19.5 Å². The molecule has 0 saturated heterocycles. The number of nitrogens with one attached hydrogen (secondary N) is 1. The van der Waals surface area contributed by atoms with Crippen molar-refractivity contribution in [3.8, 4) is 22.9 Å². The Morgan fingerprint density at radius 2 is 1.64 bits per heavy atom. The lowest BCUT2D eigenvalue weighted by atomic mass is 10.2. The monoisotopic (exact) mass is 381 g/mol. The fourth-order valence-electron chi connectivity index (χ4n) is 2.60. The van der Waals surface area contributed by atoms with Crippen molar-refractivity contribution in [1.29, 1.82) is 0 Å². The minimum absolute atomic E-state index is 0.0455. The summed E-state index contributed by atoms with van der Waals surface area (Å²) in [4.78, 5) is 25.3. The number of hydrogen-bond donors (Lipinski definition) is 1. The summed E-state index contributed by atoms with van der Waals surface area (Å²) in [6, 6.07) is 15.0. The molecule has 0 aliphatic rings.